The summed E-state index contributed by atoms with van der Waals surface area (Å²) in [4.78, 5) is 31.5. The number of hydrogen-bond donors (Lipinski definition) is 1. The third kappa shape index (κ3) is 2.67. The van der Waals surface area contributed by atoms with Crippen LogP contribution in [0.1, 0.15) is 16.9 Å². The number of benzene rings is 1. The minimum atomic E-state index is -0.253. The number of fused-ring (bicyclic) bond motifs is 3. The molecule has 1 amide bonds. The molecule has 0 aliphatic heterocycles. The van der Waals surface area contributed by atoms with Crippen LogP contribution in [0.5, 0.6) is 0 Å². The highest BCUT2D eigenvalue weighted by Crippen LogP contribution is 2.34. The second-order valence-electron chi connectivity index (χ2n) is 5.74. The summed E-state index contributed by atoms with van der Waals surface area (Å²) in [6, 6.07) is 7.37. The van der Waals surface area contributed by atoms with Gasteiger partial charge in [0, 0.05) is 9.35 Å². The summed E-state index contributed by atoms with van der Waals surface area (Å²) in [7, 11) is 0. The molecule has 1 aromatic carbocycles. The number of para-hydroxylation sites is 1. The molecular formula is C17H14BrN3O2S. The first-order valence-corrected chi connectivity index (χ1v) is 9.28. The molecule has 3 aromatic rings. The van der Waals surface area contributed by atoms with E-state index in [9.17, 15) is 9.59 Å². The second-order valence-corrected chi connectivity index (χ2v) is 7.68. The zero-order valence-electron chi connectivity index (χ0n) is 12.7. The highest BCUT2D eigenvalue weighted by molar-refractivity contribution is 9.10. The number of nitrogens with zero attached hydrogens (tertiary/aromatic N) is 2. The molecule has 5 nitrogen and oxygen atoms in total. The van der Waals surface area contributed by atoms with Crippen molar-refractivity contribution in [2.24, 2.45) is 0 Å². The van der Waals surface area contributed by atoms with E-state index in [-0.39, 0.29) is 18.0 Å². The van der Waals surface area contributed by atoms with Gasteiger partial charge in [0.2, 0.25) is 5.91 Å². The van der Waals surface area contributed by atoms with Crippen molar-refractivity contribution >= 4 is 49.1 Å². The van der Waals surface area contributed by atoms with Gasteiger partial charge in [-0.15, -0.1) is 11.3 Å². The van der Waals surface area contributed by atoms with E-state index in [0.29, 0.717) is 11.1 Å². The lowest BCUT2D eigenvalue weighted by Crippen LogP contribution is -2.28. The Morgan fingerprint density at radius 3 is 3.00 bits per heavy atom. The van der Waals surface area contributed by atoms with Crippen molar-refractivity contribution in [2.45, 2.75) is 25.8 Å². The number of carbonyl (C=O) groups is 1. The summed E-state index contributed by atoms with van der Waals surface area (Å²) in [5, 5.41) is 3.51. The topological polar surface area (TPSA) is 64.0 Å². The van der Waals surface area contributed by atoms with Gasteiger partial charge in [0.05, 0.1) is 17.4 Å². The van der Waals surface area contributed by atoms with Gasteiger partial charge in [-0.2, -0.15) is 0 Å². The van der Waals surface area contributed by atoms with Gasteiger partial charge in [-0.1, -0.05) is 12.1 Å². The number of anilines is 1. The maximum absolute atomic E-state index is 12.7. The summed E-state index contributed by atoms with van der Waals surface area (Å²) in [5.41, 5.74) is 1.69. The largest absolute Gasteiger partial charge is 0.324 e. The van der Waals surface area contributed by atoms with E-state index in [2.05, 4.69) is 26.2 Å². The monoisotopic (exact) mass is 403 g/mol. The fourth-order valence-electron chi connectivity index (χ4n) is 3.04. The number of hydrogen-bond acceptors (Lipinski definition) is 4. The first-order valence-electron chi connectivity index (χ1n) is 7.67. The Morgan fingerprint density at radius 1 is 1.33 bits per heavy atom. The van der Waals surface area contributed by atoms with E-state index in [1.807, 2.05) is 18.2 Å². The van der Waals surface area contributed by atoms with Crippen LogP contribution in [0.2, 0.25) is 0 Å². The fourth-order valence-corrected chi connectivity index (χ4v) is 4.64. The highest BCUT2D eigenvalue weighted by Gasteiger charge is 2.21. The molecule has 0 bridgehead atoms. The maximum atomic E-state index is 12.7. The molecule has 0 spiro atoms. The first-order chi connectivity index (χ1) is 11.6. The molecule has 7 heteroatoms. The van der Waals surface area contributed by atoms with E-state index in [0.717, 1.165) is 34.1 Å². The molecule has 0 saturated carbocycles. The van der Waals surface area contributed by atoms with Gasteiger partial charge < -0.3 is 5.32 Å². The van der Waals surface area contributed by atoms with Crippen molar-refractivity contribution < 1.29 is 4.79 Å². The average molecular weight is 404 g/mol. The van der Waals surface area contributed by atoms with E-state index < -0.39 is 0 Å². The van der Waals surface area contributed by atoms with Gasteiger partial charge in [0.1, 0.15) is 11.4 Å². The van der Waals surface area contributed by atoms with Crippen LogP contribution in [0.4, 0.5) is 5.69 Å². The van der Waals surface area contributed by atoms with Crippen LogP contribution in [0.3, 0.4) is 0 Å². The predicted octanol–water partition coefficient (Wildman–Crippen LogP) is 3.35. The van der Waals surface area contributed by atoms with Crippen LogP contribution in [-0.2, 0) is 24.2 Å². The first kappa shape index (κ1) is 15.5. The minimum absolute atomic E-state index is 0.0479. The van der Waals surface area contributed by atoms with E-state index in [1.54, 1.807) is 17.4 Å². The Hall–Kier alpha value is -1.99. The van der Waals surface area contributed by atoms with Crippen molar-refractivity contribution in [3.63, 3.8) is 0 Å². The quantitative estimate of drug-likeness (QED) is 0.728. The summed E-state index contributed by atoms with van der Waals surface area (Å²) >= 11 is 4.99. The number of amides is 1. The standard InChI is InChI=1S/C17H14BrN3O2S/c18-11-5-1-2-6-12(11)20-14(22)8-21-9-19-16-15(17(21)23)10-4-3-7-13(10)24-16/h1-2,5-6,9H,3-4,7-8H2,(H,20,22). The number of nitrogens with one attached hydrogen (secondary N) is 1. The zero-order valence-corrected chi connectivity index (χ0v) is 15.1. The van der Waals surface area contributed by atoms with Crippen LogP contribution < -0.4 is 10.9 Å². The predicted molar refractivity (Wildman–Crippen MR) is 98.7 cm³/mol. The molecule has 1 N–H and O–H groups in total. The van der Waals surface area contributed by atoms with Crippen molar-refractivity contribution in [1.29, 1.82) is 0 Å². The molecule has 2 aromatic heterocycles. The van der Waals surface area contributed by atoms with Gasteiger partial charge in [0.25, 0.3) is 5.56 Å². The van der Waals surface area contributed by atoms with Crippen molar-refractivity contribution in [2.75, 3.05) is 5.32 Å². The van der Waals surface area contributed by atoms with Crippen LogP contribution in [-0.4, -0.2) is 15.5 Å². The Bertz CT molecular complexity index is 1010. The molecule has 0 saturated heterocycles. The van der Waals surface area contributed by atoms with Crippen LogP contribution in [0.25, 0.3) is 10.2 Å². The molecule has 4 rings (SSSR count). The van der Waals surface area contributed by atoms with Gasteiger partial charge in [0.15, 0.2) is 0 Å². The number of aryl methyl sites for hydroxylation is 2. The Balaban J connectivity index is 1.63. The Labute approximate surface area is 150 Å². The summed E-state index contributed by atoms with van der Waals surface area (Å²) in [6.07, 6.45) is 4.52. The molecule has 122 valence electrons. The third-order valence-corrected chi connectivity index (χ3v) is 6.05. The van der Waals surface area contributed by atoms with Crippen LogP contribution in [0.15, 0.2) is 39.9 Å². The van der Waals surface area contributed by atoms with Crippen molar-refractivity contribution in [1.82, 2.24) is 9.55 Å². The lowest BCUT2D eigenvalue weighted by Gasteiger charge is -2.08. The van der Waals surface area contributed by atoms with Crippen LogP contribution >= 0.6 is 27.3 Å². The molecule has 0 atom stereocenters. The number of halogens is 1. The second kappa shape index (κ2) is 6.14. The highest BCUT2D eigenvalue weighted by atomic mass is 79.9. The van der Waals surface area contributed by atoms with Gasteiger partial charge >= 0.3 is 0 Å². The van der Waals surface area contributed by atoms with Crippen molar-refractivity contribution in [3.05, 3.63) is 55.9 Å². The molecule has 2 heterocycles. The minimum Gasteiger partial charge on any atom is -0.324 e. The lowest BCUT2D eigenvalue weighted by molar-refractivity contribution is -0.116. The van der Waals surface area contributed by atoms with E-state index in [1.165, 1.54) is 15.8 Å². The molecule has 24 heavy (non-hydrogen) atoms. The average Bonchev–Trinajstić information content (AvgIpc) is 3.13. The molecule has 0 unspecified atom stereocenters. The summed E-state index contributed by atoms with van der Waals surface area (Å²) < 4.78 is 2.19. The number of thiophene rings is 1. The van der Waals surface area contributed by atoms with E-state index >= 15 is 0 Å². The smallest absolute Gasteiger partial charge is 0.262 e. The van der Waals surface area contributed by atoms with E-state index in [4.69, 9.17) is 0 Å². The molecule has 1 aliphatic carbocycles. The summed E-state index contributed by atoms with van der Waals surface area (Å²) in [5.74, 6) is -0.253. The van der Waals surface area contributed by atoms with Gasteiger partial charge in [-0.25, -0.2) is 4.98 Å². The lowest BCUT2D eigenvalue weighted by atomic mass is 10.2. The normalized spacial score (nSPS) is 13.2. The van der Waals surface area contributed by atoms with Gasteiger partial charge in [-0.3, -0.25) is 14.2 Å². The van der Waals surface area contributed by atoms with Crippen molar-refractivity contribution in [3.8, 4) is 0 Å². The molecule has 0 radical (unpaired) electrons. The Kier molecular flexibility index (Phi) is 3.97. The molecular weight excluding hydrogens is 390 g/mol. The Morgan fingerprint density at radius 2 is 2.17 bits per heavy atom. The van der Waals surface area contributed by atoms with Crippen LogP contribution in [0, 0.1) is 0 Å². The SMILES string of the molecule is O=C(Cn1cnc2sc3c(c2c1=O)CCC3)Nc1ccccc1Br. The zero-order chi connectivity index (χ0) is 16.7. The third-order valence-electron chi connectivity index (χ3n) is 4.15. The number of carbonyl (C=O) groups excluding carboxylic acids is 1. The van der Waals surface area contributed by atoms with Gasteiger partial charge in [-0.05, 0) is 52.9 Å². The fraction of sp³-hybridized carbons (Fsp3) is 0.235. The number of rotatable bonds is 3. The maximum Gasteiger partial charge on any atom is 0.262 e. The number of aromatic nitrogens is 2. The summed E-state index contributed by atoms with van der Waals surface area (Å²) in [6.45, 7) is -0.0479. The molecule has 0 fully saturated rings. The molecule has 1 aliphatic rings.